The number of piperazine rings is 1. The van der Waals surface area contributed by atoms with Gasteiger partial charge < -0.3 is 9.80 Å². The lowest BCUT2D eigenvalue weighted by Gasteiger charge is -2.39. The summed E-state index contributed by atoms with van der Waals surface area (Å²) in [6, 6.07) is 8.99. The first-order chi connectivity index (χ1) is 18.8. The predicted octanol–water partition coefficient (Wildman–Crippen LogP) is 5.05. The molecule has 1 aliphatic carbocycles. The summed E-state index contributed by atoms with van der Waals surface area (Å²) in [6.45, 7) is 6.48. The maximum absolute atomic E-state index is 14.5. The molecule has 1 aromatic carbocycles. The molecular weight excluding hydrogens is 533 g/mol. The van der Waals surface area contributed by atoms with Crippen LogP contribution in [0.15, 0.2) is 34.0 Å². The summed E-state index contributed by atoms with van der Waals surface area (Å²) in [7, 11) is 0. The topological polar surface area (TPSA) is 72.6 Å². The Hall–Kier alpha value is -3.16. The van der Waals surface area contributed by atoms with Gasteiger partial charge in [-0.2, -0.15) is 5.26 Å². The van der Waals surface area contributed by atoms with Gasteiger partial charge in [0.05, 0.1) is 10.6 Å². The second-order valence-corrected chi connectivity index (χ2v) is 11.9. The molecule has 0 bridgehead atoms. The SMILES string of the molecule is CCCn1c(N2CCN(c3ccccc3F)CC2)c(/C=C2\SC(=S)N(C3CCCC3)C2=O)c(C)c(C#N)c1=O. The molecule has 0 unspecified atom stereocenters. The molecule has 0 spiro atoms. The van der Waals surface area contributed by atoms with Crippen molar-refractivity contribution in [1.82, 2.24) is 9.47 Å². The van der Waals surface area contributed by atoms with Crippen molar-refractivity contribution in [3.05, 3.63) is 62.0 Å². The van der Waals surface area contributed by atoms with Gasteiger partial charge in [0.2, 0.25) is 0 Å². The molecule has 5 rings (SSSR count). The molecule has 0 N–H and O–H groups in total. The fourth-order valence-electron chi connectivity index (χ4n) is 5.87. The summed E-state index contributed by atoms with van der Waals surface area (Å²) in [4.78, 5) is 33.4. The van der Waals surface area contributed by atoms with Crippen LogP contribution in [0.25, 0.3) is 6.08 Å². The lowest BCUT2D eigenvalue weighted by Crippen LogP contribution is -2.49. The smallest absolute Gasteiger partial charge is 0.270 e. The third-order valence-corrected chi connectivity index (χ3v) is 9.19. The van der Waals surface area contributed by atoms with Crippen molar-refractivity contribution in [1.29, 1.82) is 5.26 Å². The molecular formula is C29H32FN5O2S2. The Morgan fingerprint density at radius 1 is 1.13 bits per heavy atom. The fourth-order valence-corrected chi connectivity index (χ4v) is 7.25. The van der Waals surface area contributed by atoms with Gasteiger partial charge in [0.15, 0.2) is 0 Å². The Bertz CT molecular complexity index is 1430. The van der Waals surface area contributed by atoms with Crippen molar-refractivity contribution in [2.24, 2.45) is 0 Å². The number of amides is 1. The van der Waals surface area contributed by atoms with E-state index in [2.05, 4.69) is 11.0 Å². The number of thioether (sulfide) groups is 1. The zero-order valence-corrected chi connectivity index (χ0v) is 23.9. The molecule has 3 fully saturated rings. The lowest BCUT2D eigenvalue weighted by molar-refractivity contribution is -0.123. The number of halogens is 1. The van der Waals surface area contributed by atoms with Crippen LogP contribution in [0, 0.1) is 24.1 Å². The monoisotopic (exact) mass is 565 g/mol. The minimum absolute atomic E-state index is 0.0923. The number of carbonyl (C=O) groups excluding carboxylic acids is 1. The molecule has 3 heterocycles. The molecule has 1 saturated carbocycles. The lowest BCUT2D eigenvalue weighted by atomic mass is 10.0. The highest BCUT2D eigenvalue weighted by molar-refractivity contribution is 8.26. The van der Waals surface area contributed by atoms with Crippen LogP contribution in [-0.2, 0) is 11.3 Å². The summed E-state index contributed by atoms with van der Waals surface area (Å²) in [5.74, 6) is 0.351. The Balaban J connectivity index is 1.56. The van der Waals surface area contributed by atoms with Crippen molar-refractivity contribution < 1.29 is 9.18 Å². The molecule has 1 amide bonds. The van der Waals surface area contributed by atoms with E-state index in [9.17, 15) is 19.2 Å². The van der Waals surface area contributed by atoms with E-state index in [1.807, 2.05) is 24.0 Å². The van der Waals surface area contributed by atoms with E-state index in [1.165, 1.54) is 17.8 Å². The van der Waals surface area contributed by atoms with Gasteiger partial charge in [-0.1, -0.05) is 55.9 Å². The number of rotatable bonds is 6. The van der Waals surface area contributed by atoms with Gasteiger partial charge in [-0.15, -0.1) is 0 Å². The minimum Gasteiger partial charge on any atom is -0.366 e. The first-order valence-electron chi connectivity index (χ1n) is 13.5. The normalized spacial score (nSPS) is 19.4. The number of carbonyl (C=O) groups is 1. The van der Waals surface area contributed by atoms with Crippen molar-refractivity contribution in [2.45, 2.75) is 58.5 Å². The second-order valence-electron chi connectivity index (χ2n) is 10.2. The van der Waals surface area contributed by atoms with E-state index in [0.29, 0.717) is 71.0 Å². The van der Waals surface area contributed by atoms with E-state index in [1.54, 1.807) is 28.5 Å². The average Bonchev–Trinajstić information content (AvgIpc) is 3.55. The standard InChI is InChI=1S/C29H32FN5O2S2/c1-3-12-34-26(33-15-13-32(14-16-33)24-11-7-6-10-23(24)30)21(19(2)22(18-31)27(34)36)17-25-28(37)35(29(38)39-25)20-8-4-5-9-20/h6-7,10-11,17,20H,3-5,8-9,12-16H2,1-2H3/b25-17-. The van der Waals surface area contributed by atoms with E-state index >= 15 is 0 Å². The number of anilines is 2. The summed E-state index contributed by atoms with van der Waals surface area (Å²) in [5, 5.41) is 9.90. The van der Waals surface area contributed by atoms with E-state index in [0.717, 1.165) is 25.7 Å². The highest BCUT2D eigenvalue weighted by atomic mass is 32.2. The molecule has 10 heteroatoms. The van der Waals surface area contributed by atoms with Crippen LogP contribution in [0.2, 0.25) is 0 Å². The number of nitrogens with zero attached hydrogens (tertiary/aromatic N) is 5. The van der Waals surface area contributed by atoms with Gasteiger partial charge in [-0.3, -0.25) is 19.1 Å². The van der Waals surface area contributed by atoms with Gasteiger partial charge in [0, 0.05) is 44.3 Å². The molecule has 7 nitrogen and oxygen atoms in total. The number of thiocarbonyl (C=S) groups is 1. The molecule has 3 aliphatic rings. The Labute approximate surface area is 237 Å². The third-order valence-electron chi connectivity index (χ3n) is 7.85. The van der Waals surface area contributed by atoms with Gasteiger partial charge in [0.25, 0.3) is 11.5 Å². The number of para-hydroxylation sites is 1. The van der Waals surface area contributed by atoms with Gasteiger partial charge >= 0.3 is 0 Å². The van der Waals surface area contributed by atoms with Gasteiger partial charge in [-0.05, 0) is 50.0 Å². The number of hydrogen-bond acceptors (Lipinski definition) is 7. The zero-order chi connectivity index (χ0) is 27.7. The molecule has 204 valence electrons. The number of nitriles is 1. The number of aromatic nitrogens is 1. The van der Waals surface area contributed by atoms with E-state index in [-0.39, 0.29) is 28.9 Å². The summed E-state index contributed by atoms with van der Waals surface area (Å²) in [5.41, 5.74) is 1.60. The molecule has 0 radical (unpaired) electrons. The maximum Gasteiger partial charge on any atom is 0.270 e. The van der Waals surface area contributed by atoms with Crippen molar-refractivity contribution in [2.75, 3.05) is 36.0 Å². The van der Waals surface area contributed by atoms with Gasteiger partial charge in [0.1, 0.15) is 27.6 Å². The van der Waals surface area contributed by atoms with Crippen LogP contribution in [0.3, 0.4) is 0 Å². The Kier molecular flexibility index (Phi) is 8.10. The summed E-state index contributed by atoms with van der Waals surface area (Å²) >= 11 is 6.91. The quantitative estimate of drug-likeness (QED) is 0.359. The van der Waals surface area contributed by atoms with Crippen LogP contribution < -0.4 is 15.4 Å². The molecule has 2 aromatic rings. The first kappa shape index (κ1) is 27.4. The summed E-state index contributed by atoms with van der Waals surface area (Å²) < 4.78 is 16.7. The first-order valence-corrected chi connectivity index (χ1v) is 14.8. The van der Waals surface area contributed by atoms with Crippen LogP contribution >= 0.6 is 24.0 Å². The van der Waals surface area contributed by atoms with Crippen molar-refractivity contribution >= 4 is 51.8 Å². The fraction of sp³-hybridized carbons (Fsp3) is 0.448. The Morgan fingerprint density at radius 3 is 2.44 bits per heavy atom. The minimum atomic E-state index is -0.320. The van der Waals surface area contributed by atoms with Crippen LogP contribution in [0.5, 0.6) is 0 Å². The van der Waals surface area contributed by atoms with Gasteiger partial charge in [-0.25, -0.2) is 4.39 Å². The number of benzene rings is 1. The Morgan fingerprint density at radius 2 is 1.79 bits per heavy atom. The van der Waals surface area contributed by atoms with Crippen molar-refractivity contribution in [3.63, 3.8) is 0 Å². The van der Waals surface area contributed by atoms with E-state index < -0.39 is 0 Å². The molecule has 0 atom stereocenters. The average molecular weight is 566 g/mol. The summed E-state index contributed by atoms with van der Waals surface area (Å²) in [6.07, 6.45) is 6.63. The predicted molar refractivity (Wildman–Crippen MR) is 159 cm³/mol. The zero-order valence-electron chi connectivity index (χ0n) is 22.3. The largest absolute Gasteiger partial charge is 0.366 e. The van der Waals surface area contributed by atoms with Crippen LogP contribution in [0.1, 0.15) is 55.7 Å². The maximum atomic E-state index is 14.5. The van der Waals surface area contributed by atoms with Crippen LogP contribution in [0.4, 0.5) is 15.9 Å². The van der Waals surface area contributed by atoms with E-state index in [4.69, 9.17) is 12.2 Å². The molecule has 1 aromatic heterocycles. The highest BCUT2D eigenvalue weighted by Gasteiger charge is 2.38. The number of pyridine rings is 1. The molecule has 2 saturated heterocycles. The second kappa shape index (κ2) is 11.5. The highest BCUT2D eigenvalue weighted by Crippen LogP contribution is 2.39. The molecule has 2 aliphatic heterocycles. The number of hydrogen-bond donors (Lipinski definition) is 0. The van der Waals surface area contributed by atoms with Crippen molar-refractivity contribution in [3.8, 4) is 6.07 Å². The van der Waals surface area contributed by atoms with Crippen LogP contribution in [-0.4, -0.2) is 51.9 Å². The third kappa shape index (κ3) is 5.10. The molecule has 39 heavy (non-hydrogen) atoms.